The number of ether oxygens (including phenoxy) is 1. The van der Waals surface area contributed by atoms with Crippen molar-refractivity contribution in [2.75, 3.05) is 0 Å². The van der Waals surface area contributed by atoms with Crippen LogP contribution in [0.15, 0.2) is 60.7 Å². The third kappa shape index (κ3) is 8.59. The van der Waals surface area contributed by atoms with Crippen LogP contribution in [-0.2, 0) is 32.1 Å². The van der Waals surface area contributed by atoms with E-state index in [9.17, 15) is 19.2 Å². The summed E-state index contributed by atoms with van der Waals surface area (Å²) in [6.45, 7) is 1.77. The molecule has 8 nitrogen and oxygen atoms in total. The van der Waals surface area contributed by atoms with Gasteiger partial charge in [0.15, 0.2) is 0 Å². The Morgan fingerprint density at radius 3 is 2.03 bits per heavy atom. The normalized spacial score (nSPS) is 12.3. The number of nitrogens with one attached hydrogen (secondary N) is 2. The van der Waals surface area contributed by atoms with E-state index in [4.69, 9.17) is 10.5 Å². The monoisotopic (exact) mass is 439 g/mol. The molecule has 0 fully saturated rings. The highest BCUT2D eigenvalue weighted by Crippen LogP contribution is 2.07. The van der Waals surface area contributed by atoms with Gasteiger partial charge in [-0.3, -0.25) is 14.4 Å². The number of ketones is 1. The molecule has 0 saturated carbocycles. The maximum Gasteiger partial charge on any atom is 0.408 e. The lowest BCUT2D eigenvalue weighted by Crippen LogP contribution is -2.53. The van der Waals surface area contributed by atoms with Crippen LogP contribution < -0.4 is 16.4 Å². The van der Waals surface area contributed by atoms with Crippen molar-refractivity contribution in [3.05, 3.63) is 71.8 Å². The summed E-state index contributed by atoms with van der Waals surface area (Å²) in [5.74, 6) is -1.36. The van der Waals surface area contributed by atoms with Crippen LogP contribution in [0.3, 0.4) is 0 Å². The van der Waals surface area contributed by atoms with Crippen molar-refractivity contribution in [1.82, 2.24) is 10.6 Å². The van der Waals surface area contributed by atoms with Gasteiger partial charge in [0, 0.05) is 19.3 Å². The fraction of sp³-hybridized carbons (Fsp3) is 0.333. The minimum atomic E-state index is -1.02. The van der Waals surface area contributed by atoms with Gasteiger partial charge >= 0.3 is 6.09 Å². The Balaban J connectivity index is 2.05. The molecule has 0 radical (unpaired) electrons. The van der Waals surface area contributed by atoms with Gasteiger partial charge in [0.05, 0.1) is 0 Å². The van der Waals surface area contributed by atoms with Crippen LogP contribution in [0.4, 0.5) is 4.79 Å². The molecule has 0 unspecified atom stereocenters. The lowest BCUT2D eigenvalue weighted by atomic mass is 10.0. The number of hydrogen-bond donors (Lipinski definition) is 3. The highest BCUT2D eigenvalue weighted by molar-refractivity contribution is 5.91. The van der Waals surface area contributed by atoms with Crippen LogP contribution in [0, 0.1) is 0 Å². The van der Waals surface area contributed by atoms with Crippen molar-refractivity contribution in [1.29, 1.82) is 0 Å². The smallest absolute Gasteiger partial charge is 0.408 e. The molecule has 32 heavy (non-hydrogen) atoms. The van der Waals surface area contributed by atoms with Crippen LogP contribution in [0.5, 0.6) is 0 Å². The molecule has 3 amide bonds. The molecule has 0 heterocycles. The lowest BCUT2D eigenvalue weighted by molar-refractivity contribution is -0.129. The predicted octanol–water partition coefficient (Wildman–Crippen LogP) is 2.25. The Morgan fingerprint density at radius 1 is 0.875 bits per heavy atom. The second kappa shape index (κ2) is 12.9. The zero-order valence-corrected chi connectivity index (χ0v) is 18.1. The van der Waals surface area contributed by atoms with Crippen molar-refractivity contribution < 1.29 is 23.9 Å². The minimum Gasteiger partial charge on any atom is -0.445 e. The molecule has 0 aromatic heterocycles. The van der Waals surface area contributed by atoms with E-state index in [-0.39, 0.29) is 31.7 Å². The first kappa shape index (κ1) is 24.6. The number of nitrogens with two attached hydrogens (primary N) is 1. The van der Waals surface area contributed by atoms with E-state index in [0.29, 0.717) is 6.42 Å². The standard InChI is InChI=1S/C24H29N3O5/c1-2-19(28)13-14-20(22(25)29)26-23(30)21(15-17-9-5-3-6-10-17)27-24(31)32-16-18-11-7-4-8-12-18/h3-12,20-21H,2,13-16H2,1H3,(H2,25,29)(H,26,30)(H,27,31)/t20-,21-/m1/s1. The maximum absolute atomic E-state index is 12.9. The molecule has 4 N–H and O–H groups in total. The predicted molar refractivity (Wildman–Crippen MR) is 119 cm³/mol. The second-order valence-electron chi connectivity index (χ2n) is 7.34. The fourth-order valence-electron chi connectivity index (χ4n) is 3.01. The number of carbonyl (C=O) groups is 4. The molecule has 0 aliphatic carbocycles. The first-order valence-electron chi connectivity index (χ1n) is 10.5. The van der Waals surface area contributed by atoms with Crippen LogP contribution in [0.25, 0.3) is 0 Å². The van der Waals surface area contributed by atoms with E-state index in [0.717, 1.165) is 11.1 Å². The van der Waals surface area contributed by atoms with E-state index < -0.39 is 30.0 Å². The van der Waals surface area contributed by atoms with Crippen molar-refractivity contribution in [3.63, 3.8) is 0 Å². The number of carbonyl (C=O) groups excluding carboxylic acids is 4. The van der Waals surface area contributed by atoms with Gasteiger partial charge in [-0.05, 0) is 17.5 Å². The topological polar surface area (TPSA) is 128 Å². The van der Waals surface area contributed by atoms with Crippen molar-refractivity contribution >= 4 is 23.7 Å². The average molecular weight is 440 g/mol. The second-order valence-corrected chi connectivity index (χ2v) is 7.34. The van der Waals surface area contributed by atoms with E-state index in [1.165, 1.54) is 0 Å². The highest BCUT2D eigenvalue weighted by atomic mass is 16.5. The molecule has 2 rings (SSSR count). The molecule has 8 heteroatoms. The average Bonchev–Trinajstić information content (AvgIpc) is 2.80. The van der Waals surface area contributed by atoms with Gasteiger partial charge in [-0.1, -0.05) is 67.6 Å². The Kier molecular flexibility index (Phi) is 9.90. The Bertz CT molecular complexity index is 902. The summed E-state index contributed by atoms with van der Waals surface area (Å²) in [6.07, 6.45) is -0.0104. The summed E-state index contributed by atoms with van der Waals surface area (Å²) in [5.41, 5.74) is 7.02. The van der Waals surface area contributed by atoms with E-state index in [1.807, 2.05) is 60.7 Å². The van der Waals surface area contributed by atoms with Gasteiger partial charge in [0.25, 0.3) is 0 Å². The van der Waals surface area contributed by atoms with Crippen molar-refractivity contribution in [2.24, 2.45) is 5.73 Å². The van der Waals surface area contributed by atoms with Crippen molar-refractivity contribution in [3.8, 4) is 0 Å². The minimum absolute atomic E-state index is 0.0334. The van der Waals surface area contributed by atoms with E-state index in [1.54, 1.807) is 6.92 Å². The van der Waals surface area contributed by atoms with Gasteiger partial charge in [0.1, 0.15) is 24.5 Å². The third-order valence-corrected chi connectivity index (χ3v) is 4.87. The molecular formula is C24H29N3O5. The zero-order chi connectivity index (χ0) is 23.3. The van der Waals surface area contributed by atoms with Gasteiger partial charge in [0.2, 0.25) is 11.8 Å². The lowest BCUT2D eigenvalue weighted by Gasteiger charge is -2.22. The number of alkyl carbamates (subject to hydrolysis) is 1. The fourth-order valence-corrected chi connectivity index (χ4v) is 3.01. The van der Waals surface area contributed by atoms with Crippen LogP contribution >= 0.6 is 0 Å². The number of benzene rings is 2. The number of primary amides is 1. The quantitative estimate of drug-likeness (QED) is 0.467. The molecule has 0 spiro atoms. The largest absolute Gasteiger partial charge is 0.445 e. The summed E-state index contributed by atoms with van der Waals surface area (Å²) in [4.78, 5) is 48.6. The molecule has 2 atom stereocenters. The highest BCUT2D eigenvalue weighted by Gasteiger charge is 2.26. The first-order chi connectivity index (χ1) is 15.4. The molecule has 0 aliphatic heterocycles. The molecule has 2 aromatic carbocycles. The van der Waals surface area contributed by atoms with Gasteiger partial charge in [-0.15, -0.1) is 0 Å². The number of Topliss-reactive ketones (excluding diaryl/α,β-unsaturated/α-hetero) is 1. The Labute approximate surface area is 187 Å². The molecular weight excluding hydrogens is 410 g/mol. The Morgan fingerprint density at radius 2 is 1.47 bits per heavy atom. The summed E-state index contributed by atoms with van der Waals surface area (Å²) in [6, 6.07) is 16.3. The van der Waals surface area contributed by atoms with Crippen LogP contribution in [0.2, 0.25) is 0 Å². The number of hydrogen-bond acceptors (Lipinski definition) is 5. The SMILES string of the molecule is CCC(=O)CC[C@@H](NC(=O)[C@@H](Cc1ccccc1)NC(=O)OCc1ccccc1)C(N)=O. The van der Waals surface area contributed by atoms with Crippen LogP contribution in [0.1, 0.15) is 37.3 Å². The molecule has 0 saturated heterocycles. The summed E-state index contributed by atoms with van der Waals surface area (Å²) in [7, 11) is 0. The summed E-state index contributed by atoms with van der Waals surface area (Å²) < 4.78 is 5.23. The Hall–Kier alpha value is -3.68. The van der Waals surface area contributed by atoms with Crippen LogP contribution in [-0.4, -0.2) is 35.8 Å². The van der Waals surface area contributed by atoms with Gasteiger partial charge in [-0.25, -0.2) is 4.79 Å². The molecule has 170 valence electrons. The zero-order valence-electron chi connectivity index (χ0n) is 18.1. The van der Waals surface area contributed by atoms with E-state index >= 15 is 0 Å². The molecule has 0 aliphatic rings. The molecule has 0 bridgehead atoms. The first-order valence-corrected chi connectivity index (χ1v) is 10.5. The van der Waals surface area contributed by atoms with Gasteiger partial charge < -0.3 is 21.1 Å². The third-order valence-electron chi connectivity index (χ3n) is 4.87. The number of rotatable bonds is 12. The molecule has 2 aromatic rings. The summed E-state index contributed by atoms with van der Waals surface area (Å²) in [5, 5.41) is 5.12. The number of amides is 3. The van der Waals surface area contributed by atoms with Gasteiger partial charge in [-0.2, -0.15) is 0 Å². The van der Waals surface area contributed by atoms with Crippen molar-refractivity contribution in [2.45, 2.75) is 51.3 Å². The maximum atomic E-state index is 12.9. The summed E-state index contributed by atoms with van der Waals surface area (Å²) >= 11 is 0. The van der Waals surface area contributed by atoms with E-state index in [2.05, 4.69) is 10.6 Å².